The molecule has 2 aromatic carbocycles. The van der Waals surface area contributed by atoms with Crippen molar-refractivity contribution in [2.75, 3.05) is 19.4 Å². The summed E-state index contributed by atoms with van der Waals surface area (Å²) in [5, 5.41) is 8.21. The van der Waals surface area contributed by atoms with Crippen LogP contribution in [0.15, 0.2) is 48.7 Å². The SMILES string of the molecule is COc1ccc2c(c1)C(C)(C)C(/C=C/c1cccc3cn[nH]c13)=[N+]2CCCS(=O)(=O)O. The molecule has 8 heteroatoms. The molecule has 162 valence electrons. The number of H-pyrrole nitrogens is 1. The number of nitrogens with one attached hydrogen (secondary N) is 1. The summed E-state index contributed by atoms with van der Waals surface area (Å²) in [6.07, 6.45) is 6.24. The average Bonchev–Trinajstić information content (AvgIpc) is 3.27. The fourth-order valence-electron chi connectivity index (χ4n) is 4.23. The van der Waals surface area contributed by atoms with E-state index < -0.39 is 10.1 Å². The van der Waals surface area contributed by atoms with Gasteiger partial charge in [0.1, 0.15) is 12.3 Å². The topological polar surface area (TPSA) is 95.3 Å². The van der Waals surface area contributed by atoms with Gasteiger partial charge in [0, 0.05) is 35.1 Å². The molecular formula is C23H26N3O4S+. The third kappa shape index (κ3) is 4.13. The molecule has 0 saturated heterocycles. The molecule has 2 heterocycles. The number of aromatic amines is 1. The Morgan fingerprint density at radius 3 is 2.77 bits per heavy atom. The number of methoxy groups -OCH3 is 1. The molecule has 1 aliphatic rings. The molecule has 0 amide bonds. The lowest BCUT2D eigenvalue weighted by molar-refractivity contribution is -0.437. The van der Waals surface area contributed by atoms with Gasteiger partial charge < -0.3 is 4.74 Å². The summed E-state index contributed by atoms with van der Waals surface area (Å²) < 4.78 is 39.2. The zero-order valence-electron chi connectivity index (χ0n) is 17.8. The highest BCUT2D eigenvalue weighted by Gasteiger charge is 2.44. The van der Waals surface area contributed by atoms with Crippen LogP contribution in [0.3, 0.4) is 0 Å². The van der Waals surface area contributed by atoms with E-state index in [2.05, 4.69) is 40.8 Å². The van der Waals surface area contributed by atoms with Crippen molar-refractivity contribution >= 4 is 38.5 Å². The second-order valence-electron chi connectivity index (χ2n) is 8.20. The Kier molecular flexibility index (Phi) is 5.45. The van der Waals surface area contributed by atoms with Gasteiger partial charge in [-0.25, -0.2) is 0 Å². The Bertz CT molecular complexity index is 1300. The van der Waals surface area contributed by atoms with E-state index in [1.807, 2.05) is 36.4 Å². The van der Waals surface area contributed by atoms with Crippen LogP contribution in [0.4, 0.5) is 5.69 Å². The molecule has 31 heavy (non-hydrogen) atoms. The molecular weight excluding hydrogens is 414 g/mol. The number of ether oxygens (including phenoxy) is 1. The molecule has 0 unspecified atom stereocenters. The summed E-state index contributed by atoms with van der Waals surface area (Å²) in [7, 11) is -2.37. The number of aromatic nitrogens is 2. The number of hydrogen-bond acceptors (Lipinski definition) is 4. The average molecular weight is 441 g/mol. The summed E-state index contributed by atoms with van der Waals surface area (Å²) in [6.45, 7) is 4.76. The van der Waals surface area contributed by atoms with Crippen LogP contribution >= 0.6 is 0 Å². The number of allylic oxidation sites excluding steroid dienone is 1. The van der Waals surface area contributed by atoms with E-state index in [1.165, 1.54) is 0 Å². The zero-order chi connectivity index (χ0) is 22.2. The van der Waals surface area contributed by atoms with Gasteiger partial charge in [-0.1, -0.05) is 18.2 Å². The van der Waals surface area contributed by atoms with E-state index in [0.717, 1.165) is 39.2 Å². The first-order valence-corrected chi connectivity index (χ1v) is 11.7. The molecule has 0 aliphatic carbocycles. The largest absolute Gasteiger partial charge is 0.497 e. The van der Waals surface area contributed by atoms with Gasteiger partial charge in [0.2, 0.25) is 5.69 Å². The highest BCUT2D eigenvalue weighted by Crippen LogP contribution is 2.42. The molecule has 0 fully saturated rings. The van der Waals surface area contributed by atoms with Gasteiger partial charge in [-0.3, -0.25) is 9.65 Å². The fraction of sp³-hybridized carbons (Fsp3) is 0.304. The molecule has 7 nitrogen and oxygen atoms in total. The van der Waals surface area contributed by atoms with Crippen molar-refractivity contribution in [2.24, 2.45) is 0 Å². The molecule has 3 aromatic rings. The summed E-state index contributed by atoms with van der Waals surface area (Å²) in [5.74, 6) is 0.497. The van der Waals surface area contributed by atoms with Crippen LogP contribution in [-0.2, 0) is 15.5 Å². The number of fused-ring (bicyclic) bond motifs is 2. The van der Waals surface area contributed by atoms with Gasteiger partial charge in [0.15, 0.2) is 5.71 Å². The zero-order valence-corrected chi connectivity index (χ0v) is 18.6. The number of nitrogens with zero attached hydrogens (tertiary/aromatic N) is 2. The van der Waals surface area contributed by atoms with Crippen molar-refractivity contribution in [1.29, 1.82) is 0 Å². The normalized spacial score (nSPS) is 15.7. The lowest BCUT2D eigenvalue weighted by Gasteiger charge is -2.16. The van der Waals surface area contributed by atoms with Crippen LogP contribution in [0.2, 0.25) is 0 Å². The van der Waals surface area contributed by atoms with Crippen LogP contribution < -0.4 is 4.74 Å². The van der Waals surface area contributed by atoms with Gasteiger partial charge in [0.05, 0.1) is 30.0 Å². The minimum absolute atomic E-state index is 0.278. The van der Waals surface area contributed by atoms with E-state index in [0.29, 0.717) is 13.0 Å². The van der Waals surface area contributed by atoms with E-state index >= 15 is 0 Å². The number of para-hydroxylation sites is 1. The Hall–Kier alpha value is -2.97. The molecule has 0 bridgehead atoms. The maximum atomic E-state index is 11.2. The standard InChI is InChI=1S/C23H25N3O4S/c1-23(2)19-14-18(30-3)9-10-20(19)26(12-5-13-31(27,28)29)21(23)11-8-16-6-4-7-17-15-24-25-22(16)17/h4,6-11,14-15H,5,12-13H2,1-3H3,(H,27,28,29)/p+1. The second kappa shape index (κ2) is 7.94. The van der Waals surface area contributed by atoms with E-state index in [1.54, 1.807) is 13.3 Å². The van der Waals surface area contributed by atoms with Gasteiger partial charge in [-0.05, 0) is 32.1 Å². The predicted octanol–water partition coefficient (Wildman–Crippen LogP) is 3.94. The van der Waals surface area contributed by atoms with Crippen molar-refractivity contribution in [3.63, 3.8) is 0 Å². The maximum Gasteiger partial charge on any atom is 0.265 e. The van der Waals surface area contributed by atoms with Gasteiger partial charge in [-0.2, -0.15) is 18.1 Å². The molecule has 4 rings (SSSR count). The summed E-state index contributed by atoms with van der Waals surface area (Å²) >= 11 is 0. The van der Waals surface area contributed by atoms with Crippen molar-refractivity contribution < 1.29 is 22.3 Å². The fourth-order valence-corrected chi connectivity index (χ4v) is 4.72. The monoisotopic (exact) mass is 440 g/mol. The molecule has 1 aromatic heterocycles. The van der Waals surface area contributed by atoms with Crippen LogP contribution in [0.1, 0.15) is 31.4 Å². The number of benzene rings is 2. The van der Waals surface area contributed by atoms with Gasteiger partial charge >= 0.3 is 0 Å². The number of rotatable bonds is 7. The molecule has 0 radical (unpaired) electrons. The Balaban J connectivity index is 1.78. The van der Waals surface area contributed by atoms with E-state index in [9.17, 15) is 8.42 Å². The third-order valence-electron chi connectivity index (χ3n) is 5.81. The minimum atomic E-state index is -4.01. The highest BCUT2D eigenvalue weighted by atomic mass is 32.2. The first-order valence-electron chi connectivity index (χ1n) is 10.1. The quantitative estimate of drug-likeness (QED) is 0.429. The first kappa shape index (κ1) is 21.3. The molecule has 1 aliphatic heterocycles. The van der Waals surface area contributed by atoms with Crippen LogP contribution in [-0.4, -0.2) is 52.9 Å². The Labute approximate surface area is 181 Å². The van der Waals surface area contributed by atoms with Crippen molar-refractivity contribution in [2.45, 2.75) is 25.7 Å². The number of hydrogen-bond donors (Lipinski definition) is 2. The molecule has 2 N–H and O–H groups in total. The smallest absolute Gasteiger partial charge is 0.265 e. The van der Waals surface area contributed by atoms with Crippen LogP contribution in [0.5, 0.6) is 5.75 Å². The Morgan fingerprint density at radius 2 is 2.03 bits per heavy atom. The van der Waals surface area contributed by atoms with Crippen molar-refractivity contribution in [3.8, 4) is 5.75 Å². The maximum absolute atomic E-state index is 11.2. The summed E-state index contributed by atoms with van der Waals surface area (Å²) in [4.78, 5) is 0. The third-order valence-corrected chi connectivity index (χ3v) is 6.62. The van der Waals surface area contributed by atoms with E-state index in [4.69, 9.17) is 9.29 Å². The van der Waals surface area contributed by atoms with Crippen molar-refractivity contribution in [1.82, 2.24) is 10.2 Å². The minimum Gasteiger partial charge on any atom is -0.497 e. The lowest BCUT2D eigenvalue weighted by atomic mass is 9.81. The van der Waals surface area contributed by atoms with Crippen LogP contribution in [0.25, 0.3) is 17.0 Å². The predicted molar refractivity (Wildman–Crippen MR) is 122 cm³/mol. The highest BCUT2D eigenvalue weighted by molar-refractivity contribution is 7.85. The molecule has 0 saturated carbocycles. The lowest BCUT2D eigenvalue weighted by Crippen LogP contribution is -2.28. The first-order chi connectivity index (χ1) is 14.7. The second-order valence-corrected chi connectivity index (χ2v) is 9.77. The van der Waals surface area contributed by atoms with E-state index in [-0.39, 0.29) is 11.2 Å². The van der Waals surface area contributed by atoms with Gasteiger partial charge in [-0.15, -0.1) is 0 Å². The summed E-state index contributed by atoms with van der Waals surface area (Å²) in [5.41, 5.74) is 4.83. The molecule has 0 atom stereocenters. The Morgan fingerprint density at radius 1 is 1.23 bits per heavy atom. The summed E-state index contributed by atoms with van der Waals surface area (Å²) in [6, 6.07) is 12.0. The van der Waals surface area contributed by atoms with Gasteiger partial charge in [0.25, 0.3) is 10.1 Å². The van der Waals surface area contributed by atoms with Crippen LogP contribution in [0, 0.1) is 0 Å². The molecule has 0 spiro atoms. The van der Waals surface area contributed by atoms with Crippen molar-refractivity contribution in [3.05, 3.63) is 59.8 Å².